The van der Waals surface area contributed by atoms with Crippen molar-refractivity contribution in [2.24, 2.45) is 22.4 Å². The first kappa shape index (κ1) is 55.1. The van der Waals surface area contributed by atoms with Gasteiger partial charge in [-0.1, -0.05) is 0 Å². The van der Waals surface area contributed by atoms with Crippen LogP contribution in [-0.2, 0) is 47.9 Å². The van der Waals surface area contributed by atoms with E-state index in [9.17, 15) is 68.4 Å². The van der Waals surface area contributed by atoms with E-state index >= 15 is 0 Å². The number of carboxylic acid groups (broad SMARTS) is 4. The molecule has 0 unspecified atom stereocenters. The van der Waals surface area contributed by atoms with Gasteiger partial charge in [0.2, 0.25) is 35.4 Å². The van der Waals surface area contributed by atoms with Crippen LogP contribution in [0.2, 0.25) is 0 Å². The van der Waals surface area contributed by atoms with Gasteiger partial charge >= 0.3 is 29.6 Å². The van der Waals surface area contributed by atoms with Crippen LogP contribution in [0.5, 0.6) is 0 Å². The van der Waals surface area contributed by atoms with E-state index in [4.69, 9.17) is 11.5 Å². The van der Waals surface area contributed by atoms with Gasteiger partial charge in [0.1, 0.15) is 24.2 Å². The topological polar surface area (TPSA) is 404 Å². The van der Waals surface area contributed by atoms with Gasteiger partial charge in [-0.3, -0.25) is 53.4 Å². The molecule has 4 rings (SSSR count). The molecule has 9 N–H and O–H groups in total. The molecule has 0 aliphatic carbocycles. The van der Waals surface area contributed by atoms with Crippen LogP contribution in [0, 0.1) is 5.92 Å². The van der Waals surface area contributed by atoms with E-state index in [1.165, 1.54) is 19.6 Å². The van der Waals surface area contributed by atoms with E-state index in [2.05, 4.69) is 31.6 Å². The van der Waals surface area contributed by atoms with Crippen molar-refractivity contribution in [1.29, 1.82) is 0 Å². The van der Waals surface area contributed by atoms with Gasteiger partial charge in [0, 0.05) is 109 Å². The number of hydrogen-bond acceptors (Lipinski definition) is 19. The summed E-state index contributed by atoms with van der Waals surface area (Å²) in [6, 6.07) is -6.05. The molecule has 0 aromatic heterocycles. The average molecular weight is 943 g/mol. The smallest absolute Gasteiger partial charge is 0.550 e. The van der Waals surface area contributed by atoms with Crippen LogP contribution in [0.3, 0.4) is 0 Å². The predicted molar refractivity (Wildman–Crippen MR) is 214 cm³/mol. The maximum atomic E-state index is 14.4. The number of hydrogen-bond donors (Lipinski definition) is 7. The van der Waals surface area contributed by atoms with E-state index in [1.54, 1.807) is 4.90 Å². The molecule has 4 aliphatic rings. The molecule has 4 fully saturated rings. The number of carbonyl (C=O) groups is 10. The number of carboxylic acids is 4. The number of piperidine rings is 1. The van der Waals surface area contributed by atoms with Crippen LogP contribution in [0.15, 0.2) is 4.99 Å². The van der Waals surface area contributed by atoms with Crippen LogP contribution >= 0.6 is 0 Å². The summed E-state index contributed by atoms with van der Waals surface area (Å²) < 4.78 is 0. The third-order valence-electron chi connectivity index (χ3n) is 11.6. The maximum Gasteiger partial charge on any atom is 1.00 e. The Morgan fingerprint density at radius 2 is 1.20 bits per heavy atom. The third kappa shape index (κ3) is 17.9. The summed E-state index contributed by atoms with van der Waals surface area (Å²) in [5.41, 5.74) is 10.8. The monoisotopic (exact) mass is 942 g/mol. The van der Waals surface area contributed by atoms with Crippen molar-refractivity contribution >= 4 is 65.3 Å². The number of fused-ring (bicyclic) bond motifs is 1. The number of carbonyl (C=O) groups excluding carboxylic acids is 10. The first-order valence-corrected chi connectivity index (χ1v) is 21.3. The molecule has 4 heterocycles. The van der Waals surface area contributed by atoms with Gasteiger partial charge < -0.3 is 82.6 Å². The number of aliphatic imine (C=N–C) groups is 1. The summed E-state index contributed by atoms with van der Waals surface area (Å²) in [7, 11) is 0. The molecule has 6 amide bonds. The standard InChI is InChI=1S/C38H61N13O14.Na/c39-38(40)41-5-1-2-24-34(62)43-17-27(52)44-25(15-29(54)55)35(63)46-33-22(14-23-3-4-26(36(64)45-24)51(23)37(33)65)16-42-28(53)18-47-6-8-48(19-30(56)57)10-12-50(21-32(60)61)13-11-49(9-7-47)20-31(58)59;/h22-26,33H,1-21H2,(H,42,53)(H,43,62)(H,44,52)(H,45,64)(H,46,63)(H,54,55)(H,56,57)(H,58,59)(H,60,61)(H4,39,40,41);/q;+1/p-4/t22-,23-,24-,25-,26-,33+;/m0./s1. The molecular formula is C38H57N13NaO14-3. The second-order valence-corrected chi connectivity index (χ2v) is 16.4. The summed E-state index contributed by atoms with van der Waals surface area (Å²) in [5.74, 6) is -11.7. The molecule has 0 radical (unpaired) electrons. The van der Waals surface area contributed by atoms with Crippen LogP contribution < -0.4 is 88.0 Å². The third-order valence-corrected chi connectivity index (χ3v) is 11.6. The Morgan fingerprint density at radius 3 is 1.70 bits per heavy atom. The molecule has 6 atom stereocenters. The molecular weight excluding hydrogens is 885 g/mol. The summed E-state index contributed by atoms with van der Waals surface area (Å²) in [6.07, 6.45) is -0.0984. The molecule has 362 valence electrons. The molecule has 4 saturated heterocycles. The second-order valence-electron chi connectivity index (χ2n) is 16.4. The van der Waals surface area contributed by atoms with Gasteiger partial charge in [-0.2, -0.15) is 0 Å². The fraction of sp³-hybridized carbons (Fsp3) is 0.711. The molecule has 66 heavy (non-hydrogen) atoms. The number of guanidine groups is 1. The van der Waals surface area contributed by atoms with Crippen molar-refractivity contribution in [3.8, 4) is 0 Å². The average Bonchev–Trinajstić information content (AvgIpc) is 3.65. The van der Waals surface area contributed by atoms with Crippen molar-refractivity contribution < 1.29 is 97.9 Å². The van der Waals surface area contributed by atoms with Gasteiger partial charge in [-0.05, 0) is 32.1 Å². The Bertz CT molecular complexity index is 1790. The second kappa shape index (κ2) is 26.8. The van der Waals surface area contributed by atoms with E-state index in [1.807, 2.05) is 0 Å². The zero-order valence-corrected chi connectivity index (χ0v) is 38.9. The molecule has 27 nitrogen and oxygen atoms in total. The zero-order chi connectivity index (χ0) is 47.8. The Hall–Kier alpha value is -5.19. The van der Waals surface area contributed by atoms with Crippen molar-refractivity contribution in [3.05, 3.63) is 0 Å². The number of nitrogens with one attached hydrogen (secondary N) is 5. The van der Waals surface area contributed by atoms with Crippen LogP contribution in [-0.4, -0.2) is 218 Å². The number of nitrogens with two attached hydrogens (primary N) is 2. The number of aliphatic carboxylic acids is 4. The maximum absolute atomic E-state index is 14.4. The van der Waals surface area contributed by atoms with Gasteiger partial charge in [-0.15, -0.1) is 0 Å². The summed E-state index contributed by atoms with van der Waals surface area (Å²) >= 11 is 0. The molecule has 2 bridgehead atoms. The van der Waals surface area contributed by atoms with Crippen molar-refractivity contribution in [3.63, 3.8) is 0 Å². The quantitative estimate of drug-likeness (QED) is 0.0327. The number of nitrogens with zero attached hydrogens (tertiary/aromatic N) is 6. The van der Waals surface area contributed by atoms with Crippen LogP contribution in [0.4, 0.5) is 0 Å². The summed E-state index contributed by atoms with van der Waals surface area (Å²) in [4.78, 5) is 139. The first-order chi connectivity index (χ1) is 30.8. The Balaban J connectivity index is 0.0000116. The van der Waals surface area contributed by atoms with Crippen molar-refractivity contribution in [1.82, 2.24) is 51.1 Å². The number of rotatable bonds is 16. The molecule has 0 spiro atoms. The minimum atomic E-state index is -1.76. The van der Waals surface area contributed by atoms with E-state index < -0.39 is 128 Å². The van der Waals surface area contributed by atoms with Gasteiger partial charge in [0.15, 0.2) is 5.96 Å². The largest absolute Gasteiger partial charge is 1.00 e. The zero-order valence-electron chi connectivity index (χ0n) is 36.9. The Kier molecular flexibility index (Phi) is 22.4. The molecule has 4 aliphatic heterocycles. The minimum Gasteiger partial charge on any atom is -0.550 e. The van der Waals surface area contributed by atoms with Gasteiger partial charge in [0.25, 0.3) is 0 Å². The van der Waals surface area contributed by atoms with Crippen LogP contribution in [0.25, 0.3) is 0 Å². The SMILES string of the molecule is NC(N)=NCCC[C@@H]1NC(=O)[C@@H]2CC[C@H]3C[C@@H](CNC(=O)CN4CCN(CC(=O)[O-])CCN(CC(=O)[O-])CCN(CC(=O)[O-])CC4)[C@@H](NC(=O)[C@H](CC(=O)[O-])NC(=O)CNC1=O)C(=O)N32.[Na+]. The van der Waals surface area contributed by atoms with Crippen molar-refractivity contribution in [2.45, 2.75) is 68.7 Å². The normalized spacial score (nSPS) is 25.7. The fourth-order valence-electron chi connectivity index (χ4n) is 8.40. The molecule has 0 saturated carbocycles. The van der Waals surface area contributed by atoms with E-state index in [-0.39, 0.29) is 133 Å². The van der Waals surface area contributed by atoms with E-state index in [0.717, 1.165) is 0 Å². The van der Waals surface area contributed by atoms with Crippen molar-refractivity contribution in [2.75, 3.05) is 98.2 Å². The minimum absolute atomic E-state index is 0. The summed E-state index contributed by atoms with van der Waals surface area (Å²) in [6.45, 7) is -1.81. The summed E-state index contributed by atoms with van der Waals surface area (Å²) in [5, 5.41) is 58.8. The predicted octanol–water partition coefficient (Wildman–Crippen LogP) is -15.3. The number of amides is 6. The Labute approximate surface area is 402 Å². The van der Waals surface area contributed by atoms with Crippen LogP contribution in [0.1, 0.15) is 38.5 Å². The molecule has 0 aromatic rings. The molecule has 0 aromatic carbocycles. The van der Waals surface area contributed by atoms with Gasteiger partial charge in [-0.25, -0.2) is 0 Å². The fourth-order valence-corrected chi connectivity index (χ4v) is 8.40. The van der Waals surface area contributed by atoms with E-state index in [0.29, 0.717) is 6.42 Å². The van der Waals surface area contributed by atoms with Gasteiger partial charge in [0.05, 0.1) is 31.0 Å². The molecule has 28 heteroatoms. The first-order valence-electron chi connectivity index (χ1n) is 21.3. The Morgan fingerprint density at radius 1 is 0.667 bits per heavy atom.